The average molecular weight is 429 g/mol. The molecule has 0 saturated carbocycles. The monoisotopic (exact) mass is 428 g/mol. The van der Waals surface area contributed by atoms with Gasteiger partial charge in [0.05, 0.1) is 13.2 Å². The van der Waals surface area contributed by atoms with Crippen molar-refractivity contribution in [2.24, 2.45) is 0 Å². The van der Waals surface area contributed by atoms with Crippen LogP contribution in [0.2, 0.25) is 0 Å². The Morgan fingerprint density at radius 1 is 0.844 bits per heavy atom. The zero-order chi connectivity index (χ0) is 21.8. The fourth-order valence-corrected chi connectivity index (χ4v) is 5.01. The highest BCUT2D eigenvalue weighted by Gasteiger charge is 2.28. The van der Waals surface area contributed by atoms with Gasteiger partial charge < -0.3 is 14.4 Å². The SMILES string of the molecule is COc1ccc(C2CCc3ccccc3N2c2ccc(OCCN3CCCC3)cc2)cc1. The molecule has 1 unspecified atom stereocenters. The summed E-state index contributed by atoms with van der Waals surface area (Å²) >= 11 is 0. The number of nitrogens with zero attached hydrogens (tertiary/aromatic N) is 2. The van der Waals surface area contributed by atoms with Crippen LogP contribution in [0.1, 0.15) is 36.4 Å². The van der Waals surface area contributed by atoms with Crippen LogP contribution in [0.3, 0.4) is 0 Å². The molecule has 3 aromatic carbocycles. The molecule has 0 bridgehead atoms. The number of likely N-dealkylation sites (tertiary alicyclic amines) is 1. The zero-order valence-corrected chi connectivity index (χ0v) is 18.9. The van der Waals surface area contributed by atoms with E-state index in [2.05, 4.69) is 82.6 Å². The fourth-order valence-electron chi connectivity index (χ4n) is 5.01. The van der Waals surface area contributed by atoms with E-state index in [1.165, 1.54) is 48.4 Å². The van der Waals surface area contributed by atoms with Crippen molar-refractivity contribution in [2.45, 2.75) is 31.7 Å². The number of aryl methyl sites for hydroxylation is 1. The predicted molar refractivity (Wildman–Crippen MR) is 130 cm³/mol. The van der Waals surface area contributed by atoms with Crippen LogP contribution in [0.25, 0.3) is 0 Å². The lowest BCUT2D eigenvalue weighted by Crippen LogP contribution is -2.29. The van der Waals surface area contributed by atoms with Crippen LogP contribution >= 0.6 is 0 Å². The summed E-state index contributed by atoms with van der Waals surface area (Å²) in [5.74, 6) is 1.84. The zero-order valence-electron chi connectivity index (χ0n) is 18.9. The van der Waals surface area contributed by atoms with Gasteiger partial charge in [-0.05, 0) is 92.4 Å². The van der Waals surface area contributed by atoms with Crippen LogP contribution in [-0.4, -0.2) is 38.3 Å². The van der Waals surface area contributed by atoms with Gasteiger partial charge in [-0.3, -0.25) is 4.90 Å². The van der Waals surface area contributed by atoms with Crippen molar-refractivity contribution >= 4 is 11.4 Å². The molecule has 1 atom stereocenters. The van der Waals surface area contributed by atoms with Gasteiger partial charge in [-0.25, -0.2) is 0 Å². The van der Waals surface area contributed by atoms with Crippen molar-refractivity contribution in [1.29, 1.82) is 0 Å². The number of benzene rings is 3. The van der Waals surface area contributed by atoms with E-state index in [-0.39, 0.29) is 6.04 Å². The second kappa shape index (κ2) is 9.66. The van der Waals surface area contributed by atoms with Crippen molar-refractivity contribution in [3.8, 4) is 11.5 Å². The number of anilines is 2. The summed E-state index contributed by atoms with van der Waals surface area (Å²) in [5, 5.41) is 0. The van der Waals surface area contributed by atoms with Crippen LogP contribution < -0.4 is 14.4 Å². The third-order valence-corrected chi connectivity index (χ3v) is 6.74. The molecule has 0 aromatic heterocycles. The van der Waals surface area contributed by atoms with E-state index >= 15 is 0 Å². The summed E-state index contributed by atoms with van der Waals surface area (Å²) in [6.45, 7) is 4.19. The van der Waals surface area contributed by atoms with Crippen molar-refractivity contribution < 1.29 is 9.47 Å². The van der Waals surface area contributed by atoms with Gasteiger partial charge in [-0.15, -0.1) is 0 Å². The normalized spacial score (nSPS) is 18.4. The highest BCUT2D eigenvalue weighted by atomic mass is 16.5. The first-order valence-corrected chi connectivity index (χ1v) is 11.8. The number of methoxy groups -OCH3 is 1. The number of para-hydroxylation sites is 1. The minimum atomic E-state index is 0.290. The smallest absolute Gasteiger partial charge is 0.119 e. The molecular weight excluding hydrogens is 396 g/mol. The van der Waals surface area contributed by atoms with Crippen LogP contribution in [-0.2, 0) is 6.42 Å². The van der Waals surface area contributed by atoms with Crippen molar-refractivity contribution in [3.05, 3.63) is 83.9 Å². The molecule has 3 aromatic rings. The van der Waals surface area contributed by atoms with E-state index in [1.807, 2.05) is 0 Å². The third kappa shape index (κ3) is 4.46. The highest BCUT2D eigenvalue weighted by molar-refractivity contribution is 5.70. The molecule has 0 amide bonds. The third-order valence-electron chi connectivity index (χ3n) is 6.74. The van der Waals surface area contributed by atoms with Crippen molar-refractivity contribution in [1.82, 2.24) is 4.90 Å². The van der Waals surface area contributed by atoms with E-state index in [4.69, 9.17) is 9.47 Å². The molecule has 0 aliphatic carbocycles. The molecule has 4 nitrogen and oxygen atoms in total. The molecule has 2 aliphatic rings. The van der Waals surface area contributed by atoms with E-state index < -0.39 is 0 Å². The van der Waals surface area contributed by atoms with Crippen LogP contribution in [0, 0.1) is 0 Å². The highest BCUT2D eigenvalue weighted by Crippen LogP contribution is 2.44. The molecule has 5 rings (SSSR count). The van der Waals surface area contributed by atoms with Gasteiger partial charge in [-0.2, -0.15) is 0 Å². The maximum atomic E-state index is 6.04. The number of fused-ring (bicyclic) bond motifs is 1. The molecule has 166 valence electrons. The summed E-state index contributed by atoms with van der Waals surface area (Å²) in [6, 6.07) is 26.2. The summed E-state index contributed by atoms with van der Waals surface area (Å²) < 4.78 is 11.4. The van der Waals surface area contributed by atoms with Gasteiger partial charge in [0.15, 0.2) is 0 Å². The molecule has 0 spiro atoms. The Morgan fingerprint density at radius 3 is 2.31 bits per heavy atom. The molecular formula is C28H32N2O2. The van der Waals surface area contributed by atoms with Gasteiger partial charge >= 0.3 is 0 Å². The van der Waals surface area contributed by atoms with Gasteiger partial charge in [0.25, 0.3) is 0 Å². The molecule has 1 saturated heterocycles. The Labute approximate surface area is 191 Å². The largest absolute Gasteiger partial charge is 0.497 e. The number of hydrogen-bond acceptors (Lipinski definition) is 4. The maximum absolute atomic E-state index is 6.04. The van der Waals surface area contributed by atoms with E-state index in [9.17, 15) is 0 Å². The van der Waals surface area contributed by atoms with E-state index in [0.717, 1.165) is 37.5 Å². The van der Waals surface area contributed by atoms with Gasteiger partial charge in [0, 0.05) is 17.9 Å². The molecule has 4 heteroatoms. The molecule has 2 heterocycles. The molecule has 1 fully saturated rings. The second-order valence-electron chi connectivity index (χ2n) is 8.72. The Bertz CT molecular complexity index is 1010. The number of hydrogen-bond donors (Lipinski definition) is 0. The van der Waals surface area contributed by atoms with Gasteiger partial charge in [-0.1, -0.05) is 30.3 Å². The lowest BCUT2D eigenvalue weighted by Gasteiger charge is -2.39. The Morgan fingerprint density at radius 2 is 1.56 bits per heavy atom. The van der Waals surface area contributed by atoms with E-state index in [0.29, 0.717) is 0 Å². The van der Waals surface area contributed by atoms with Crippen LogP contribution in [0.5, 0.6) is 11.5 Å². The average Bonchev–Trinajstić information content (AvgIpc) is 3.37. The molecule has 32 heavy (non-hydrogen) atoms. The summed E-state index contributed by atoms with van der Waals surface area (Å²) in [4.78, 5) is 4.97. The van der Waals surface area contributed by atoms with E-state index in [1.54, 1.807) is 7.11 Å². The first-order chi connectivity index (χ1) is 15.8. The minimum Gasteiger partial charge on any atom is -0.497 e. The lowest BCUT2D eigenvalue weighted by molar-refractivity contribution is 0.238. The van der Waals surface area contributed by atoms with Crippen LogP contribution in [0.4, 0.5) is 11.4 Å². The fraction of sp³-hybridized carbons (Fsp3) is 0.357. The molecule has 0 radical (unpaired) electrons. The van der Waals surface area contributed by atoms with Crippen molar-refractivity contribution in [2.75, 3.05) is 38.3 Å². The number of ether oxygens (including phenoxy) is 2. The Balaban J connectivity index is 1.37. The molecule has 0 N–H and O–H groups in total. The summed E-state index contributed by atoms with van der Waals surface area (Å²) in [7, 11) is 1.72. The van der Waals surface area contributed by atoms with Gasteiger partial charge in [0.2, 0.25) is 0 Å². The van der Waals surface area contributed by atoms with Crippen LogP contribution in [0.15, 0.2) is 72.8 Å². The standard InChI is InChI=1S/C28H32N2O2/c1-31-25-13-8-23(9-14-25)28-17-10-22-6-2-3-7-27(22)30(28)24-11-15-26(16-12-24)32-21-20-29-18-4-5-19-29/h2-3,6-9,11-16,28H,4-5,10,17-21H2,1H3. The van der Waals surface area contributed by atoms with Crippen molar-refractivity contribution in [3.63, 3.8) is 0 Å². The molecule has 2 aliphatic heterocycles. The Hall–Kier alpha value is -2.98. The minimum absolute atomic E-state index is 0.290. The summed E-state index contributed by atoms with van der Waals surface area (Å²) in [6.07, 6.45) is 4.81. The summed E-state index contributed by atoms with van der Waals surface area (Å²) in [5.41, 5.74) is 5.21. The van der Waals surface area contributed by atoms with Gasteiger partial charge in [0.1, 0.15) is 18.1 Å². The quantitative estimate of drug-likeness (QED) is 0.461. The predicted octanol–water partition coefficient (Wildman–Crippen LogP) is 6.00. The number of rotatable bonds is 7. The maximum Gasteiger partial charge on any atom is 0.119 e. The topological polar surface area (TPSA) is 24.9 Å². The Kier molecular flexibility index (Phi) is 6.31. The first-order valence-electron chi connectivity index (χ1n) is 11.8. The second-order valence-corrected chi connectivity index (χ2v) is 8.72. The lowest BCUT2D eigenvalue weighted by atomic mass is 9.90. The first kappa shape index (κ1) is 20.9.